The molecule has 0 bridgehead atoms. The number of benzene rings is 2. The van der Waals surface area contributed by atoms with E-state index in [4.69, 9.17) is 0 Å². The fourth-order valence-corrected chi connectivity index (χ4v) is 13.1. The molecule has 223 valence electrons. The van der Waals surface area contributed by atoms with Gasteiger partial charge in [0.25, 0.3) is 0 Å². The van der Waals surface area contributed by atoms with E-state index in [1.165, 1.54) is 38.0 Å². The second kappa shape index (κ2) is 15.4. The molecule has 1 saturated carbocycles. The largest absolute Gasteiger partial charge is 0.673 e. The molecule has 2 aromatic carbocycles. The summed E-state index contributed by atoms with van der Waals surface area (Å²) in [7, 11) is -6.14. The van der Waals surface area contributed by atoms with Crippen LogP contribution in [0.1, 0.15) is 101 Å². The molecule has 4 atom stereocenters. The van der Waals surface area contributed by atoms with E-state index in [9.17, 15) is 17.3 Å². The molecule has 0 saturated heterocycles. The van der Waals surface area contributed by atoms with Gasteiger partial charge in [0.05, 0.1) is 0 Å². The van der Waals surface area contributed by atoms with E-state index in [1.807, 2.05) is 0 Å². The minimum absolute atomic E-state index is 0. The van der Waals surface area contributed by atoms with Crippen LogP contribution in [-0.4, -0.2) is 17.6 Å². The second-order valence-electron chi connectivity index (χ2n) is 12.5. The molecule has 1 aliphatic carbocycles. The van der Waals surface area contributed by atoms with Crippen molar-refractivity contribution >= 4 is 23.1 Å². The zero-order valence-corrected chi connectivity index (χ0v) is 28.1. The summed E-state index contributed by atoms with van der Waals surface area (Å²) >= 11 is 0. The normalized spacial score (nSPS) is 24.6. The third-order valence-corrected chi connectivity index (χ3v) is 15.0. The zero-order valence-electron chi connectivity index (χ0n) is 24.6. The van der Waals surface area contributed by atoms with Crippen molar-refractivity contribution in [3.05, 3.63) is 96.5 Å². The zero-order chi connectivity index (χ0) is 28.8. The maximum absolute atomic E-state index is 9.75. The van der Waals surface area contributed by atoms with E-state index in [0.717, 1.165) is 11.3 Å². The standard InChI is InChI=1S/C24H32P2.C8H12.BF4.Rh/c1-23(2,3)25-15-17-11-7-9-13-19(17)21(25)22-20-14-10-8-12-18(20)16-26(22)24(4,5)6;1-2-4-6-8-7-5-3-1;2-1(3,4)5;/h7-14,21-22H,15-16H2,1-6H3;1-2,7-8H,3-6H2;;/q;;-1;/t21-,22-,25-,26-;;;/m1.../s1. The van der Waals surface area contributed by atoms with Crippen LogP contribution < -0.4 is 0 Å². The molecule has 0 aromatic heterocycles. The van der Waals surface area contributed by atoms with Crippen LogP contribution in [0.3, 0.4) is 0 Å². The summed E-state index contributed by atoms with van der Waals surface area (Å²) in [4.78, 5) is 0. The van der Waals surface area contributed by atoms with E-state index in [-0.39, 0.29) is 35.3 Å². The van der Waals surface area contributed by atoms with Gasteiger partial charge in [-0.25, -0.2) is 0 Å². The predicted molar refractivity (Wildman–Crippen MR) is 165 cm³/mol. The van der Waals surface area contributed by atoms with Gasteiger partial charge in [-0.3, -0.25) is 0 Å². The third-order valence-electron chi connectivity index (χ3n) is 7.46. The average molecular weight is 680 g/mol. The first-order valence-corrected chi connectivity index (χ1v) is 17.2. The van der Waals surface area contributed by atoms with Crippen molar-refractivity contribution < 1.29 is 36.7 Å². The molecule has 8 heteroatoms. The summed E-state index contributed by atoms with van der Waals surface area (Å²) < 4.78 is 39.0. The maximum Gasteiger partial charge on any atom is 0.673 e. The van der Waals surface area contributed by atoms with Crippen molar-refractivity contribution in [3.63, 3.8) is 0 Å². The summed E-state index contributed by atoms with van der Waals surface area (Å²) in [6.07, 6.45) is 16.6. The Hall–Kier alpha value is -0.292. The van der Waals surface area contributed by atoms with Gasteiger partial charge < -0.3 is 17.3 Å². The van der Waals surface area contributed by atoms with Crippen molar-refractivity contribution in [3.8, 4) is 0 Å². The molecule has 3 aliphatic rings. The Morgan fingerprint density at radius 3 is 1.12 bits per heavy atom. The molecule has 0 nitrogen and oxygen atoms in total. The van der Waals surface area contributed by atoms with E-state index >= 15 is 0 Å². The molecule has 2 aliphatic heterocycles. The smallest absolute Gasteiger partial charge is 0.418 e. The Kier molecular flexibility index (Phi) is 13.9. The van der Waals surface area contributed by atoms with Crippen LogP contribution in [0.15, 0.2) is 48.5 Å². The topological polar surface area (TPSA) is 0 Å². The predicted octanol–water partition coefficient (Wildman–Crippen LogP) is 11.7. The minimum atomic E-state index is -6.00. The van der Waals surface area contributed by atoms with Crippen LogP contribution in [0.4, 0.5) is 17.3 Å². The van der Waals surface area contributed by atoms with Gasteiger partial charge in [0.2, 0.25) is 0 Å². The number of rotatable bonds is 1. The van der Waals surface area contributed by atoms with Crippen LogP contribution >= 0.6 is 15.8 Å². The number of hydrogen-bond donors (Lipinski definition) is 0. The Labute approximate surface area is 256 Å². The number of halogens is 4. The summed E-state index contributed by atoms with van der Waals surface area (Å²) in [5, 5.41) is 0.797. The molecule has 5 radical (unpaired) electrons. The van der Waals surface area contributed by atoms with Crippen molar-refractivity contribution in [2.45, 2.75) is 101 Å². The van der Waals surface area contributed by atoms with Gasteiger partial charge in [0, 0.05) is 30.8 Å². The Morgan fingerprint density at radius 2 is 0.850 bits per heavy atom. The van der Waals surface area contributed by atoms with Crippen LogP contribution in [0.2, 0.25) is 0 Å². The van der Waals surface area contributed by atoms with Gasteiger partial charge in [0.15, 0.2) is 0 Å². The molecule has 40 heavy (non-hydrogen) atoms. The van der Waals surface area contributed by atoms with E-state index < -0.39 is 7.25 Å². The maximum atomic E-state index is 9.75. The first kappa shape index (κ1) is 35.9. The molecular formula is C32H44BF4P2Rh-. The fraction of sp³-hybridized carbons (Fsp3) is 0.500. The van der Waals surface area contributed by atoms with Gasteiger partial charge in [-0.15, -0.1) is 0 Å². The molecular weight excluding hydrogens is 636 g/mol. The molecule has 2 heterocycles. The second-order valence-corrected chi connectivity index (χ2v) is 18.8. The molecule has 5 rings (SSSR count). The minimum Gasteiger partial charge on any atom is -0.418 e. The summed E-state index contributed by atoms with van der Waals surface area (Å²) in [5.74, 6) is 0. The molecule has 0 N–H and O–H groups in total. The van der Waals surface area contributed by atoms with Crippen LogP contribution in [-0.2, 0) is 31.8 Å². The molecule has 1 fully saturated rings. The summed E-state index contributed by atoms with van der Waals surface area (Å²) in [5.41, 5.74) is 8.07. The van der Waals surface area contributed by atoms with E-state index in [2.05, 4.69) is 116 Å². The Morgan fingerprint density at radius 1 is 0.575 bits per heavy atom. The summed E-state index contributed by atoms with van der Waals surface area (Å²) in [6, 6.07) is 18.7. The quantitative estimate of drug-likeness (QED) is 0.160. The van der Waals surface area contributed by atoms with Gasteiger partial charge in [-0.1, -0.05) is 106 Å². The van der Waals surface area contributed by atoms with Crippen molar-refractivity contribution in [1.82, 2.24) is 0 Å². The SMILES string of the molecule is CC(C)(C)[P@]1Cc2ccccc2[C@@H]1[C@H]1c2ccccc2C[P@@]1C(C)(C)C.F[B-](F)(F)F.[CH]1[CH]CC[CH][CH]CC1.[Rh]. The first-order chi connectivity index (χ1) is 18.2. The van der Waals surface area contributed by atoms with Crippen LogP contribution in [0, 0.1) is 25.7 Å². The van der Waals surface area contributed by atoms with E-state index in [0.29, 0.717) is 10.3 Å². The molecule has 0 amide bonds. The van der Waals surface area contributed by atoms with Gasteiger partial charge in [-0.2, -0.15) is 0 Å². The third kappa shape index (κ3) is 10.5. The van der Waals surface area contributed by atoms with Crippen molar-refractivity contribution in [2.24, 2.45) is 0 Å². The average Bonchev–Trinajstić information content (AvgIpc) is 3.36. The summed E-state index contributed by atoms with van der Waals surface area (Å²) in [6.45, 7) is 14.9. The number of fused-ring (bicyclic) bond motifs is 2. The van der Waals surface area contributed by atoms with E-state index in [1.54, 1.807) is 22.3 Å². The van der Waals surface area contributed by atoms with Crippen molar-refractivity contribution in [1.29, 1.82) is 0 Å². The molecule has 0 spiro atoms. The Bertz CT molecular complexity index is 949. The number of hydrogen-bond acceptors (Lipinski definition) is 0. The van der Waals surface area contributed by atoms with Gasteiger partial charge >= 0.3 is 7.25 Å². The van der Waals surface area contributed by atoms with Gasteiger partial charge in [0.1, 0.15) is 0 Å². The van der Waals surface area contributed by atoms with Crippen LogP contribution in [0.5, 0.6) is 0 Å². The first-order valence-electron chi connectivity index (χ1n) is 14.0. The Balaban J connectivity index is 0.000000333. The van der Waals surface area contributed by atoms with Crippen molar-refractivity contribution in [2.75, 3.05) is 0 Å². The molecule has 0 unspecified atom stereocenters. The monoisotopic (exact) mass is 680 g/mol. The fourth-order valence-electron chi connectivity index (χ4n) is 5.68. The van der Waals surface area contributed by atoms with Crippen LogP contribution in [0.25, 0.3) is 0 Å². The van der Waals surface area contributed by atoms with Gasteiger partial charge in [-0.05, 0) is 96.3 Å². The molecule has 2 aromatic rings.